The van der Waals surface area contributed by atoms with E-state index in [1.165, 1.54) is 30.5 Å². The third-order valence-electron chi connectivity index (χ3n) is 1.42. The van der Waals surface area contributed by atoms with Crippen molar-refractivity contribution in [2.24, 2.45) is 5.10 Å². The van der Waals surface area contributed by atoms with E-state index in [0.29, 0.717) is 5.56 Å². The van der Waals surface area contributed by atoms with Gasteiger partial charge in [-0.1, -0.05) is 0 Å². The first-order valence-corrected chi connectivity index (χ1v) is 3.81. The minimum atomic E-state index is -0.293. The molecular formula is C9H10N2O2. The summed E-state index contributed by atoms with van der Waals surface area (Å²) < 4.78 is 0. The van der Waals surface area contributed by atoms with Crippen molar-refractivity contribution in [1.29, 1.82) is 0 Å². The van der Waals surface area contributed by atoms with Gasteiger partial charge < -0.3 is 5.11 Å². The minimum absolute atomic E-state index is 0.135. The molecule has 0 aliphatic heterocycles. The topological polar surface area (TPSA) is 61.7 Å². The van der Waals surface area contributed by atoms with Crippen molar-refractivity contribution in [1.82, 2.24) is 5.43 Å². The lowest BCUT2D eigenvalue weighted by atomic mass is 10.2. The SMILES string of the molecule is CC=NNC(=O)c1ccc(O)cc1. The first kappa shape index (κ1) is 9.25. The van der Waals surface area contributed by atoms with Crippen LogP contribution in [0.5, 0.6) is 5.75 Å². The van der Waals surface area contributed by atoms with Crippen molar-refractivity contribution in [2.75, 3.05) is 0 Å². The van der Waals surface area contributed by atoms with E-state index in [4.69, 9.17) is 5.11 Å². The van der Waals surface area contributed by atoms with Crippen molar-refractivity contribution >= 4 is 12.1 Å². The fourth-order valence-electron chi connectivity index (χ4n) is 0.801. The molecule has 0 unspecified atom stereocenters. The third-order valence-corrected chi connectivity index (χ3v) is 1.42. The molecule has 0 spiro atoms. The largest absolute Gasteiger partial charge is 0.508 e. The van der Waals surface area contributed by atoms with Gasteiger partial charge in [0.2, 0.25) is 0 Å². The average molecular weight is 178 g/mol. The Labute approximate surface area is 75.9 Å². The van der Waals surface area contributed by atoms with Gasteiger partial charge in [0.15, 0.2) is 0 Å². The van der Waals surface area contributed by atoms with Crippen LogP contribution in [0, 0.1) is 0 Å². The quantitative estimate of drug-likeness (QED) is 0.526. The van der Waals surface area contributed by atoms with Gasteiger partial charge in [-0.3, -0.25) is 4.79 Å². The molecule has 0 saturated heterocycles. The molecule has 1 amide bonds. The van der Waals surface area contributed by atoms with Crippen LogP contribution in [-0.4, -0.2) is 17.2 Å². The Morgan fingerprint density at radius 1 is 1.46 bits per heavy atom. The highest BCUT2D eigenvalue weighted by Gasteiger charge is 2.02. The van der Waals surface area contributed by atoms with Crippen molar-refractivity contribution < 1.29 is 9.90 Å². The Morgan fingerprint density at radius 3 is 2.62 bits per heavy atom. The lowest BCUT2D eigenvalue weighted by Crippen LogP contribution is -2.16. The second-order valence-electron chi connectivity index (χ2n) is 2.38. The molecule has 13 heavy (non-hydrogen) atoms. The highest BCUT2D eigenvalue weighted by atomic mass is 16.3. The molecule has 4 heteroatoms. The molecule has 0 bridgehead atoms. The summed E-state index contributed by atoms with van der Waals surface area (Å²) in [5.41, 5.74) is 2.78. The summed E-state index contributed by atoms with van der Waals surface area (Å²) in [5.74, 6) is -0.159. The van der Waals surface area contributed by atoms with Crippen molar-refractivity contribution in [3.05, 3.63) is 29.8 Å². The number of hydrogen-bond acceptors (Lipinski definition) is 3. The van der Waals surface area contributed by atoms with Crippen LogP contribution in [0.4, 0.5) is 0 Å². The van der Waals surface area contributed by atoms with Crippen molar-refractivity contribution in [3.63, 3.8) is 0 Å². The number of hydrazone groups is 1. The highest BCUT2D eigenvalue weighted by molar-refractivity contribution is 5.94. The maximum absolute atomic E-state index is 11.2. The van der Waals surface area contributed by atoms with Crippen LogP contribution in [0.3, 0.4) is 0 Å². The van der Waals surface area contributed by atoms with Gasteiger partial charge in [0.1, 0.15) is 5.75 Å². The van der Waals surface area contributed by atoms with E-state index in [2.05, 4.69) is 10.5 Å². The Kier molecular flexibility index (Phi) is 3.03. The molecule has 0 radical (unpaired) electrons. The summed E-state index contributed by atoms with van der Waals surface area (Å²) in [5, 5.41) is 12.5. The minimum Gasteiger partial charge on any atom is -0.508 e. The molecule has 1 aromatic carbocycles. The molecule has 0 aliphatic carbocycles. The lowest BCUT2D eigenvalue weighted by molar-refractivity contribution is 0.0955. The molecule has 1 aromatic rings. The molecule has 0 heterocycles. The number of phenols is 1. The number of phenolic OH excluding ortho intramolecular Hbond substituents is 1. The van der Waals surface area contributed by atoms with Gasteiger partial charge in [-0.05, 0) is 31.2 Å². The van der Waals surface area contributed by atoms with Crippen LogP contribution in [0.25, 0.3) is 0 Å². The molecule has 0 aliphatic rings. The van der Waals surface area contributed by atoms with Crippen LogP contribution in [0.2, 0.25) is 0 Å². The molecule has 68 valence electrons. The molecule has 0 fully saturated rings. The summed E-state index contributed by atoms with van der Waals surface area (Å²) in [6.45, 7) is 1.71. The lowest BCUT2D eigenvalue weighted by Gasteiger charge is -1.98. The summed E-state index contributed by atoms with van der Waals surface area (Å²) in [7, 11) is 0. The van der Waals surface area contributed by atoms with Crippen molar-refractivity contribution in [2.45, 2.75) is 6.92 Å². The van der Waals surface area contributed by atoms with Crippen LogP contribution < -0.4 is 5.43 Å². The molecule has 4 nitrogen and oxygen atoms in total. The van der Waals surface area contributed by atoms with E-state index < -0.39 is 0 Å². The fraction of sp³-hybridized carbons (Fsp3) is 0.111. The monoisotopic (exact) mass is 178 g/mol. The smallest absolute Gasteiger partial charge is 0.271 e. The Bertz CT molecular complexity index is 317. The van der Waals surface area contributed by atoms with E-state index >= 15 is 0 Å². The Morgan fingerprint density at radius 2 is 2.08 bits per heavy atom. The van der Waals surface area contributed by atoms with Gasteiger partial charge in [-0.15, -0.1) is 0 Å². The van der Waals surface area contributed by atoms with Gasteiger partial charge in [-0.2, -0.15) is 5.10 Å². The summed E-state index contributed by atoms with van der Waals surface area (Å²) >= 11 is 0. The van der Waals surface area contributed by atoms with E-state index in [1.54, 1.807) is 6.92 Å². The third kappa shape index (κ3) is 2.59. The number of nitrogens with zero attached hydrogens (tertiary/aromatic N) is 1. The van der Waals surface area contributed by atoms with Crippen LogP contribution in [0.15, 0.2) is 29.4 Å². The number of carbonyl (C=O) groups excluding carboxylic acids is 1. The predicted octanol–water partition coefficient (Wildman–Crippen LogP) is 1.13. The Balaban J connectivity index is 2.72. The number of carbonyl (C=O) groups is 1. The number of aromatic hydroxyl groups is 1. The molecule has 0 saturated carbocycles. The molecule has 0 aromatic heterocycles. The van der Waals surface area contributed by atoms with E-state index in [9.17, 15) is 4.79 Å². The summed E-state index contributed by atoms with van der Waals surface area (Å²) in [4.78, 5) is 11.2. The second kappa shape index (κ2) is 4.25. The molecule has 2 N–H and O–H groups in total. The Hall–Kier alpha value is -1.84. The molecule has 0 atom stereocenters. The second-order valence-corrected chi connectivity index (χ2v) is 2.38. The maximum atomic E-state index is 11.2. The summed E-state index contributed by atoms with van der Waals surface area (Å²) in [6.07, 6.45) is 1.48. The van der Waals surface area contributed by atoms with Crippen LogP contribution in [-0.2, 0) is 0 Å². The van der Waals surface area contributed by atoms with Crippen LogP contribution >= 0.6 is 0 Å². The van der Waals surface area contributed by atoms with Gasteiger partial charge >= 0.3 is 0 Å². The van der Waals surface area contributed by atoms with E-state index in [0.717, 1.165) is 0 Å². The van der Waals surface area contributed by atoms with E-state index in [-0.39, 0.29) is 11.7 Å². The van der Waals surface area contributed by atoms with Gasteiger partial charge in [0.05, 0.1) is 0 Å². The molecular weight excluding hydrogens is 168 g/mol. The van der Waals surface area contributed by atoms with Crippen molar-refractivity contribution in [3.8, 4) is 5.75 Å². The van der Waals surface area contributed by atoms with E-state index in [1.807, 2.05) is 0 Å². The zero-order chi connectivity index (χ0) is 9.68. The first-order chi connectivity index (χ1) is 6.24. The standard InChI is InChI=1S/C9H10N2O2/c1-2-10-11-9(13)7-3-5-8(12)6-4-7/h2-6,12H,1H3,(H,11,13). The van der Waals surface area contributed by atoms with Crippen LogP contribution in [0.1, 0.15) is 17.3 Å². The van der Waals surface area contributed by atoms with Gasteiger partial charge in [-0.25, -0.2) is 5.43 Å². The van der Waals surface area contributed by atoms with Gasteiger partial charge in [0, 0.05) is 11.8 Å². The molecule has 1 rings (SSSR count). The maximum Gasteiger partial charge on any atom is 0.271 e. The van der Waals surface area contributed by atoms with Gasteiger partial charge in [0.25, 0.3) is 5.91 Å². The number of benzene rings is 1. The first-order valence-electron chi connectivity index (χ1n) is 3.81. The average Bonchev–Trinajstić information content (AvgIpc) is 2.15. The fourth-order valence-corrected chi connectivity index (χ4v) is 0.801. The normalized spacial score (nSPS) is 10.2. The number of amides is 1. The number of hydrogen-bond donors (Lipinski definition) is 2. The predicted molar refractivity (Wildman–Crippen MR) is 49.7 cm³/mol. The summed E-state index contributed by atoms with van der Waals surface area (Å²) in [6, 6.07) is 5.95. The number of nitrogens with one attached hydrogen (secondary N) is 1. The zero-order valence-corrected chi connectivity index (χ0v) is 7.19. The zero-order valence-electron chi connectivity index (χ0n) is 7.19. The highest BCUT2D eigenvalue weighted by Crippen LogP contribution is 2.08. The number of rotatable bonds is 2.